The van der Waals surface area contributed by atoms with Crippen LogP contribution in [0.3, 0.4) is 0 Å². The third-order valence-corrected chi connectivity index (χ3v) is 6.40. The van der Waals surface area contributed by atoms with Gasteiger partial charge in [-0.15, -0.1) is 5.10 Å². The van der Waals surface area contributed by atoms with Crippen molar-refractivity contribution in [2.24, 2.45) is 5.92 Å². The van der Waals surface area contributed by atoms with Gasteiger partial charge in [-0.25, -0.2) is 14.2 Å². The van der Waals surface area contributed by atoms with Gasteiger partial charge in [-0.3, -0.25) is 0 Å². The molecule has 1 aliphatic rings. The Morgan fingerprint density at radius 3 is 2.71 bits per heavy atom. The molecule has 5 aromatic rings. The van der Waals surface area contributed by atoms with Gasteiger partial charge in [-0.2, -0.15) is 25.8 Å². The Kier molecular flexibility index (Phi) is 5.75. The Labute approximate surface area is 217 Å². The predicted molar refractivity (Wildman–Crippen MR) is 134 cm³/mol. The molecule has 1 fully saturated rings. The standard InChI is InChI=1S/C27H21N9O2/c1-16-3-8-26(33-32-16)38-20-4-7-24-22(13-30-35(24)14-20)23-6-5-21(25-10-18(11-28)15-37-25)27(31-23)36-17(2)9-19(12-29)34-36/h3-9,13-14,18,25H,10,15H2,1-2H3/t18-,25+/m0/s1. The van der Waals surface area contributed by atoms with Crippen LogP contribution in [-0.4, -0.2) is 41.2 Å². The summed E-state index contributed by atoms with van der Waals surface area (Å²) in [7, 11) is 0. The minimum absolute atomic E-state index is 0.178. The van der Waals surface area contributed by atoms with Crippen molar-refractivity contribution in [3.05, 3.63) is 77.5 Å². The summed E-state index contributed by atoms with van der Waals surface area (Å²) >= 11 is 0. The lowest BCUT2D eigenvalue weighted by Crippen LogP contribution is -2.10. The molecule has 6 rings (SSSR count). The summed E-state index contributed by atoms with van der Waals surface area (Å²) in [5, 5.41) is 35.7. The average molecular weight is 504 g/mol. The van der Waals surface area contributed by atoms with E-state index in [9.17, 15) is 10.5 Å². The molecule has 1 aliphatic heterocycles. The third-order valence-electron chi connectivity index (χ3n) is 6.40. The van der Waals surface area contributed by atoms with E-state index >= 15 is 0 Å². The van der Waals surface area contributed by atoms with Crippen LogP contribution in [0.25, 0.3) is 22.6 Å². The smallest absolute Gasteiger partial charge is 0.238 e. The number of nitrogens with zero attached hydrogens (tertiary/aromatic N) is 9. The van der Waals surface area contributed by atoms with E-state index in [0.29, 0.717) is 41.9 Å². The largest absolute Gasteiger partial charge is 0.436 e. The van der Waals surface area contributed by atoms with Gasteiger partial charge in [0, 0.05) is 22.9 Å². The van der Waals surface area contributed by atoms with Gasteiger partial charge in [0.2, 0.25) is 5.88 Å². The van der Waals surface area contributed by atoms with Crippen molar-refractivity contribution in [2.75, 3.05) is 6.61 Å². The Morgan fingerprint density at radius 1 is 1.08 bits per heavy atom. The number of hydrogen-bond acceptors (Lipinski definition) is 9. The molecule has 6 heterocycles. The van der Waals surface area contributed by atoms with Crippen molar-refractivity contribution in [1.82, 2.24) is 34.6 Å². The molecule has 0 aliphatic carbocycles. The lowest BCUT2D eigenvalue weighted by Gasteiger charge is -2.16. The molecular formula is C27H21N9O2. The number of aromatic nitrogens is 7. The fourth-order valence-electron chi connectivity index (χ4n) is 4.49. The highest BCUT2D eigenvalue weighted by molar-refractivity contribution is 5.78. The summed E-state index contributed by atoms with van der Waals surface area (Å²) in [5.41, 5.74) is 5.00. The van der Waals surface area contributed by atoms with Crippen LogP contribution in [-0.2, 0) is 4.74 Å². The van der Waals surface area contributed by atoms with Crippen LogP contribution in [0.5, 0.6) is 11.6 Å². The van der Waals surface area contributed by atoms with Gasteiger partial charge >= 0.3 is 0 Å². The number of nitriles is 2. The predicted octanol–water partition coefficient (Wildman–Crippen LogP) is 4.25. The lowest BCUT2D eigenvalue weighted by atomic mass is 10.0. The molecule has 0 aromatic carbocycles. The molecule has 0 amide bonds. The Bertz CT molecular complexity index is 1740. The topological polar surface area (TPSA) is 140 Å². The van der Waals surface area contributed by atoms with Crippen molar-refractivity contribution in [1.29, 1.82) is 10.5 Å². The van der Waals surface area contributed by atoms with Crippen molar-refractivity contribution < 1.29 is 9.47 Å². The summed E-state index contributed by atoms with van der Waals surface area (Å²) in [6.07, 6.45) is 3.78. The van der Waals surface area contributed by atoms with E-state index in [1.165, 1.54) is 0 Å². The van der Waals surface area contributed by atoms with E-state index in [2.05, 4.69) is 32.5 Å². The highest BCUT2D eigenvalue weighted by atomic mass is 16.5. The van der Waals surface area contributed by atoms with E-state index in [4.69, 9.17) is 14.5 Å². The van der Waals surface area contributed by atoms with E-state index in [1.54, 1.807) is 33.7 Å². The maximum atomic E-state index is 9.38. The Morgan fingerprint density at radius 2 is 1.97 bits per heavy atom. The lowest BCUT2D eigenvalue weighted by molar-refractivity contribution is 0.109. The number of fused-ring (bicyclic) bond motifs is 1. The van der Waals surface area contributed by atoms with Crippen LogP contribution in [0.2, 0.25) is 0 Å². The van der Waals surface area contributed by atoms with Crippen molar-refractivity contribution in [3.8, 4) is 40.8 Å². The first-order valence-electron chi connectivity index (χ1n) is 12.0. The first-order valence-corrected chi connectivity index (χ1v) is 12.0. The van der Waals surface area contributed by atoms with E-state index in [-0.39, 0.29) is 12.0 Å². The van der Waals surface area contributed by atoms with Crippen LogP contribution in [0.1, 0.15) is 35.2 Å². The van der Waals surface area contributed by atoms with Crippen LogP contribution in [0, 0.1) is 42.4 Å². The number of ether oxygens (including phenoxy) is 2. The maximum Gasteiger partial charge on any atom is 0.238 e. The molecule has 1 saturated heterocycles. The second-order valence-electron chi connectivity index (χ2n) is 9.06. The minimum Gasteiger partial charge on any atom is -0.436 e. The normalized spacial score (nSPS) is 16.8. The fourth-order valence-corrected chi connectivity index (χ4v) is 4.49. The quantitative estimate of drug-likeness (QED) is 0.344. The number of pyridine rings is 2. The zero-order chi connectivity index (χ0) is 26.2. The SMILES string of the molecule is Cc1ccc(Oc2ccc3c(-c4ccc([C@H]5C[C@@H](C#N)CO5)c(-n5nc(C#N)cc5C)n4)cnn3c2)nn1. The zero-order valence-electron chi connectivity index (χ0n) is 20.6. The second-order valence-corrected chi connectivity index (χ2v) is 9.06. The summed E-state index contributed by atoms with van der Waals surface area (Å²) in [6.45, 7) is 4.10. The highest BCUT2D eigenvalue weighted by Gasteiger charge is 2.30. The van der Waals surface area contributed by atoms with Gasteiger partial charge < -0.3 is 9.47 Å². The van der Waals surface area contributed by atoms with Crippen LogP contribution >= 0.6 is 0 Å². The molecule has 38 heavy (non-hydrogen) atoms. The van der Waals surface area contributed by atoms with Crippen molar-refractivity contribution >= 4 is 5.52 Å². The van der Waals surface area contributed by atoms with Gasteiger partial charge in [0.15, 0.2) is 11.5 Å². The molecule has 5 aromatic heterocycles. The van der Waals surface area contributed by atoms with Gasteiger partial charge in [0.05, 0.1) is 54.0 Å². The molecule has 0 unspecified atom stereocenters. The molecule has 0 radical (unpaired) electrons. The van der Waals surface area contributed by atoms with Crippen molar-refractivity contribution in [2.45, 2.75) is 26.4 Å². The molecule has 0 N–H and O–H groups in total. The van der Waals surface area contributed by atoms with E-state index in [0.717, 1.165) is 28.0 Å². The molecule has 0 saturated carbocycles. The summed E-state index contributed by atoms with van der Waals surface area (Å²) in [6, 6.07) is 17.3. The number of hydrogen-bond donors (Lipinski definition) is 0. The van der Waals surface area contributed by atoms with Gasteiger partial charge in [-0.1, -0.05) is 6.07 Å². The monoisotopic (exact) mass is 503 g/mol. The molecule has 0 bridgehead atoms. The number of rotatable bonds is 5. The van der Waals surface area contributed by atoms with Crippen molar-refractivity contribution in [3.63, 3.8) is 0 Å². The van der Waals surface area contributed by atoms with Crippen LogP contribution in [0.15, 0.2) is 54.9 Å². The maximum absolute atomic E-state index is 9.38. The van der Waals surface area contributed by atoms with Gasteiger partial charge in [0.1, 0.15) is 11.8 Å². The first kappa shape index (κ1) is 23.3. The number of aryl methyl sites for hydroxylation is 2. The molecule has 11 nitrogen and oxygen atoms in total. The van der Waals surface area contributed by atoms with Gasteiger partial charge in [-0.05, 0) is 50.6 Å². The first-order chi connectivity index (χ1) is 18.5. The van der Waals surface area contributed by atoms with Crippen LogP contribution < -0.4 is 4.74 Å². The molecule has 11 heteroatoms. The zero-order valence-corrected chi connectivity index (χ0v) is 20.6. The summed E-state index contributed by atoms with van der Waals surface area (Å²) < 4.78 is 15.1. The molecule has 0 spiro atoms. The minimum atomic E-state index is -0.293. The Hall–Kier alpha value is -5.13. The average Bonchev–Trinajstić information content (AvgIpc) is 3.67. The van der Waals surface area contributed by atoms with Crippen LogP contribution in [0.4, 0.5) is 0 Å². The summed E-state index contributed by atoms with van der Waals surface area (Å²) in [5.74, 6) is 1.34. The third kappa shape index (κ3) is 4.21. The molecule has 2 atom stereocenters. The van der Waals surface area contributed by atoms with Gasteiger partial charge in [0.25, 0.3) is 0 Å². The second kappa shape index (κ2) is 9.39. The Balaban J connectivity index is 1.39. The van der Waals surface area contributed by atoms with E-state index < -0.39 is 0 Å². The fraction of sp³-hybridized carbons (Fsp3) is 0.222. The molecular weight excluding hydrogens is 482 g/mol. The van der Waals surface area contributed by atoms with E-state index in [1.807, 2.05) is 44.2 Å². The summed E-state index contributed by atoms with van der Waals surface area (Å²) in [4.78, 5) is 4.96. The highest BCUT2D eigenvalue weighted by Crippen LogP contribution is 2.36. The molecule has 186 valence electrons.